The second kappa shape index (κ2) is 7.68. The van der Waals surface area contributed by atoms with Crippen LogP contribution in [-0.4, -0.2) is 33.8 Å². The first kappa shape index (κ1) is 17.3. The van der Waals surface area contributed by atoms with E-state index in [0.29, 0.717) is 12.1 Å². The van der Waals surface area contributed by atoms with Crippen molar-refractivity contribution >= 4 is 27.5 Å². The van der Waals surface area contributed by atoms with Gasteiger partial charge in [0.2, 0.25) is 0 Å². The van der Waals surface area contributed by atoms with Crippen LogP contribution in [0.15, 0.2) is 54.9 Å². The van der Waals surface area contributed by atoms with Crippen LogP contribution in [0, 0.1) is 0 Å². The fourth-order valence-corrected chi connectivity index (χ4v) is 4.46. The molecule has 144 valence electrons. The Labute approximate surface area is 164 Å². The predicted molar refractivity (Wildman–Crippen MR) is 116 cm³/mol. The molecule has 2 aromatic carbocycles. The number of anilines is 1. The maximum absolute atomic E-state index is 4.10. The van der Waals surface area contributed by atoms with Gasteiger partial charge < -0.3 is 15.6 Å². The van der Waals surface area contributed by atoms with Crippen LogP contribution in [0.5, 0.6) is 0 Å². The third-order valence-electron chi connectivity index (χ3n) is 6.04. The minimum absolute atomic E-state index is 0.566. The number of hydrogen-bond donors (Lipinski definition) is 4. The molecule has 1 aliphatic rings. The van der Waals surface area contributed by atoms with E-state index in [9.17, 15) is 0 Å². The highest BCUT2D eigenvalue weighted by Crippen LogP contribution is 2.24. The van der Waals surface area contributed by atoms with Gasteiger partial charge in [-0.05, 0) is 68.5 Å². The Kier molecular flexibility index (Phi) is 4.75. The van der Waals surface area contributed by atoms with Crippen molar-refractivity contribution in [1.82, 2.24) is 20.5 Å². The number of H-pyrrole nitrogens is 2. The Morgan fingerprint density at radius 2 is 1.82 bits per heavy atom. The van der Waals surface area contributed by atoms with E-state index < -0.39 is 0 Å². The van der Waals surface area contributed by atoms with Gasteiger partial charge in [0.05, 0.1) is 11.7 Å². The summed E-state index contributed by atoms with van der Waals surface area (Å²) in [7, 11) is 0. The van der Waals surface area contributed by atoms with Gasteiger partial charge >= 0.3 is 0 Å². The molecule has 0 unspecified atom stereocenters. The molecule has 5 rings (SSSR count). The number of rotatable bonds is 6. The van der Waals surface area contributed by atoms with Crippen LogP contribution < -0.4 is 10.6 Å². The van der Waals surface area contributed by atoms with E-state index in [1.54, 1.807) is 0 Å². The first-order chi connectivity index (χ1) is 13.8. The molecule has 4 N–H and O–H groups in total. The molecule has 0 atom stereocenters. The molecule has 0 bridgehead atoms. The van der Waals surface area contributed by atoms with Gasteiger partial charge in [-0.2, -0.15) is 5.10 Å². The largest absolute Gasteiger partial charge is 0.382 e. The molecule has 28 heavy (non-hydrogen) atoms. The number of benzene rings is 2. The van der Waals surface area contributed by atoms with Crippen molar-refractivity contribution in [3.05, 3.63) is 60.4 Å². The van der Waals surface area contributed by atoms with Crippen LogP contribution in [-0.2, 0) is 6.42 Å². The Hall–Kier alpha value is -2.79. The van der Waals surface area contributed by atoms with E-state index in [1.807, 2.05) is 6.20 Å². The van der Waals surface area contributed by atoms with Crippen LogP contribution >= 0.6 is 0 Å². The molecule has 0 aliphatic heterocycles. The zero-order valence-corrected chi connectivity index (χ0v) is 16.0. The van der Waals surface area contributed by atoms with Crippen LogP contribution in [0.1, 0.15) is 31.2 Å². The topological polar surface area (TPSA) is 68.5 Å². The minimum atomic E-state index is 0.566. The maximum Gasteiger partial charge on any atom is 0.0651 e. The van der Waals surface area contributed by atoms with Crippen molar-refractivity contribution in [3.8, 4) is 0 Å². The van der Waals surface area contributed by atoms with Crippen molar-refractivity contribution in [2.75, 3.05) is 11.9 Å². The van der Waals surface area contributed by atoms with Gasteiger partial charge in [0.25, 0.3) is 0 Å². The second-order valence-electron chi connectivity index (χ2n) is 7.93. The summed E-state index contributed by atoms with van der Waals surface area (Å²) in [5.74, 6) is 0. The molecule has 0 amide bonds. The smallest absolute Gasteiger partial charge is 0.0651 e. The van der Waals surface area contributed by atoms with E-state index in [-0.39, 0.29) is 0 Å². The van der Waals surface area contributed by atoms with E-state index in [4.69, 9.17) is 0 Å². The van der Waals surface area contributed by atoms with Gasteiger partial charge in [-0.25, -0.2) is 0 Å². The summed E-state index contributed by atoms with van der Waals surface area (Å²) in [5.41, 5.74) is 4.93. The van der Waals surface area contributed by atoms with Gasteiger partial charge in [0.15, 0.2) is 0 Å². The number of para-hydroxylation sites is 1. The third-order valence-corrected chi connectivity index (χ3v) is 6.04. The van der Waals surface area contributed by atoms with Crippen molar-refractivity contribution in [3.63, 3.8) is 0 Å². The highest BCUT2D eigenvalue weighted by molar-refractivity contribution is 5.83. The predicted octanol–water partition coefficient (Wildman–Crippen LogP) is 4.60. The average Bonchev–Trinajstić information content (AvgIpc) is 3.36. The maximum atomic E-state index is 4.10. The SMILES string of the molecule is c1ccc2c(CCN[C@H]3CC[C@H](Nc4ccc5[nH]ncc5c4)CC3)c[nH]c2c1. The van der Waals surface area contributed by atoms with E-state index in [1.165, 1.54) is 47.8 Å². The fraction of sp³-hybridized carbons (Fsp3) is 0.348. The lowest BCUT2D eigenvalue weighted by atomic mass is 9.91. The average molecular weight is 374 g/mol. The Morgan fingerprint density at radius 1 is 0.964 bits per heavy atom. The highest BCUT2D eigenvalue weighted by Gasteiger charge is 2.20. The lowest BCUT2D eigenvalue weighted by Gasteiger charge is -2.30. The molecule has 1 aliphatic carbocycles. The zero-order chi connectivity index (χ0) is 18.8. The van der Waals surface area contributed by atoms with Gasteiger partial charge in [-0.3, -0.25) is 5.10 Å². The summed E-state index contributed by atoms with van der Waals surface area (Å²) in [6.07, 6.45) is 10.0. The second-order valence-corrected chi connectivity index (χ2v) is 7.93. The number of aromatic nitrogens is 3. The monoisotopic (exact) mass is 373 g/mol. The van der Waals surface area contributed by atoms with Gasteiger partial charge in [-0.15, -0.1) is 0 Å². The number of hydrogen-bond acceptors (Lipinski definition) is 3. The molecule has 0 spiro atoms. The standard InChI is InChI=1S/C23H27N5/c1-2-4-23-21(3-1)16(14-25-23)11-12-24-18-5-7-19(8-6-18)27-20-9-10-22-17(13-20)15-26-28-22/h1-4,9-10,13-15,18-19,24-25,27H,5-8,11-12H2,(H,26,28)/t18-,19-. The highest BCUT2D eigenvalue weighted by atomic mass is 15.1. The Bertz CT molecular complexity index is 1050. The van der Waals surface area contributed by atoms with Crippen LogP contribution in [0.4, 0.5) is 5.69 Å². The summed E-state index contributed by atoms with van der Waals surface area (Å²) in [5, 5.41) is 17.1. The first-order valence-corrected chi connectivity index (χ1v) is 10.3. The summed E-state index contributed by atoms with van der Waals surface area (Å²) in [6.45, 7) is 1.04. The third kappa shape index (κ3) is 3.62. The molecule has 2 heterocycles. The summed E-state index contributed by atoms with van der Waals surface area (Å²) < 4.78 is 0. The molecule has 1 saturated carbocycles. The fourth-order valence-electron chi connectivity index (χ4n) is 4.46. The quantitative estimate of drug-likeness (QED) is 0.399. The van der Waals surface area contributed by atoms with Crippen LogP contribution in [0.3, 0.4) is 0 Å². The minimum Gasteiger partial charge on any atom is -0.382 e. The van der Waals surface area contributed by atoms with Gasteiger partial charge in [0, 0.05) is 40.3 Å². The van der Waals surface area contributed by atoms with Crippen molar-refractivity contribution in [1.29, 1.82) is 0 Å². The zero-order valence-electron chi connectivity index (χ0n) is 16.0. The van der Waals surface area contributed by atoms with Gasteiger partial charge in [0.1, 0.15) is 0 Å². The number of nitrogens with one attached hydrogen (secondary N) is 4. The molecule has 5 heteroatoms. The van der Waals surface area contributed by atoms with E-state index in [2.05, 4.69) is 74.5 Å². The lowest BCUT2D eigenvalue weighted by Crippen LogP contribution is -2.37. The van der Waals surface area contributed by atoms with Crippen LogP contribution in [0.2, 0.25) is 0 Å². The molecule has 1 fully saturated rings. The molecule has 5 nitrogen and oxygen atoms in total. The summed E-state index contributed by atoms with van der Waals surface area (Å²) >= 11 is 0. The van der Waals surface area contributed by atoms with Crippen molar-refractivity contribution in [2.24, 2.45) is 0 Å². The molecule has 0 saturated heterocycles. The molecular weight excluding hydrogens is 346 g/mol. The normalized spacial score (nSPS) is 20.0. The number of fused-ring (bicyclic) bond motifs is 2. The van der Waals surface area contributed by atoms with Crippen molar-refractivity contribution < 1.29 is 0 Å². The van der Waals surface area contributed by atoms with Crippen molar-refractivity contribution in [2.45, 2.75) is 44.2 Å². The molecule has 0 radical (unpaired) electrons. The summed E-state index contributed by atoms with van der Waals surface area (Å²) in [4.78, 5) is 3.37. The molecule has 2 aromatic heterocycles. The lowest BCUT2D eigenvalue weighted by molar-refractivity contribution is 0.356. The Balaban J connectivity index is 1.09. The van der Waals surface area contributed by atoms with E-state index >= 15 is 0 Å². The number of nitrogens with zero attached hydrogens (tertiary/aromatic N) is 1. The molecular formula is C23H27N5. The first-order valence-electron chi connectivity index (χ1n) is 10.3. The van der Waals surface area contributed by atoms with Gasteiger partial charge in [-0.1, -0.05) is 18.2 Å². The van der Waals surface area contributed by atoms with Crippen LogP contribution in [0.25, 0.3) is 21.8 Å². The number of aromatic amines is 2. The Morgan fingerprint density at radius 3 is 2.75 bits per heavy atom. The summed E-state index contributed by atoms with van der Waals surface area (Å²) in [6, 6.07) is 16.2. The molecule has 4 aromatic rings. The van der Waals surface area contributed by atoms with E-state index in [0.717, 1.165) is 23.9 Å².